The summed E-state index contributed by atoms with van der Waals surface area (Å²) in [6, 6.07) is 3.37. The van der Waals surface area contributed by atoms with Crippen LogP contribution in [-0.4, -0.2) is 35.3 Å². The smallest absolute Gasteiger partial charge is 0.245 e. The lowest BCUT2D eigenvalue weighted by Crippen LogP contribution is -2.48. The van der Waals surface area contributed by atoms with Crippen LogP contribution in [0, 0.1) is 5.92 Å². The third-order valence-corrected chi connectivity index (χ3v) is 3.81. The Morgan fingerprint density at radius 2 is 2.14 bits per heavy atom. The molecular formula is C16H24N2O3. The van der Waals surface area contributed by atoms with Crippen molar-refractivity contribution in [3.8, 4) is 0 Å². The van der Waals surface area contributed by atoms with E-state index in [0.717, 1.165) is 5.76 Å². The van der Waals surface area contributed by atoms with Gasteiger partial charge in [0, 0.05) is 25.4 Å². The highest BCUT2D eigenvalue weighted by Gasteiger charge is 2.32. The zero-order chi connectivity index (χ0) is 15.4. The lowest BCUT2D eigenvalue weighted by molar-refractivity contribution is -0.135. The molecule has 1 N–H and O–H groups in total. The fourth-order valence-electron chi connectivity index (χ4n) is 2.76. The first-order chi connectivity index (χ1) is 9.97. The van der Waals surface area contributed by atoms with Crippen molar-refractivity contribution in [2.24, 2.45) is 5.92 Å². The van der Waals surface area contributed by atoms with Crippen LogP contribution >= 0.6 is 0 Å². The van der Waals surface area contributed by atoms with Crippen LogP contribution < -0.4 is 5.32 Å². The van der Waals surface area contributed by atoms with Gasteiger partial charge in [0.2, 0.25) is 11.8 Å². The number of furan rings is 1. The monoisotopic (exact) mass is 292 g/mol. The summed E-state index contributed by atoms with van der Waals surface area (Å²) in [6.07, 6.45) is 3.34. The van der Waals surface area contributed by atoms with Crippen molar-refractivity contribution < 1.29 is 14.0 Å². The molecule has 2 unspecified atom stereocenters. The molecule has 1 aromatic rings. The number of amides is 2. The maximum Gasteiger partial charge on any atom is 0.245 e. The second-order valence-electron chi connectivity index (χ2n) is 6.16. The molecule has 0 aliphatic carbocycles. The van der Waals surface area contributed by atoms with Crippen LogP contribution in [0.3, 0.4) is 0 Å². The minimum atomic E-state index is -0.404. The van der Waals surface area contributed by atoms with Crippen molar-refractivity contribution in [1.82, 2.24) is 10.2 Å². The van der Waals surface area contributed by atoms with Gasteiger partial charge in [-0.25, -0.2) is 0 Å². The van der Waals surface area contributed by atoms with E-state index in [1.807, 2.05) is 24.0 Å². The quantitative estimate of drug-likeness (QED) is 0.902. The van der Waals surface area contributed by atoms with Gasteiger partial charge in [0.25, 0.3) is 0 Å². The van der Waals surface area contributed by atoms with Gasteiger partial charge in [0.15, 0.2) is 0 Å². The molecule has 0 bridgehead atoms. The molecule has 0 saturated carbocycles. The molecule has 116 valence electrons. The number of hydrogen-bond acceptors (Lipinski definition) is 3. The first kappa shape index (κ1) is 15.6. The van der Waals surface area contributed by atoms with Crippen molar-refractivity contribution >= 4 is 11.8 Å². The standard InChI is InChI=1S/C16H24N2O3/c1-11(2)9-14-16(20)18(7-6-15(19)17-14)12(3)10-13-5-4-8-21-13/h4-5,8,11-12,14H,6-7,9-10H2,1-3H3,(H,17,19). The van der Waals surface area contributed by atoms with Crippen molar-refractivity contribution in [3.05, 3.63) is 24.2 Å². The van der Waals surface area contributed by atoms with E-state index in [2.05, 4.69) is 19.2 Å². The summed E-state index contributed by atoms with van der Waals surface area (Å²) >= 11 is 0. The van der Waals surface area contributed by atoms with Crippen molar-refractivity contribution in [1.29, 1.82) is 0 Å². The molecule has 1 aromatic heterocycles. The molecule has 1 saturated heterocycles. The summed E-state index contributed by atoms with van der Waals surface area (Å²) in [5.41, 5.74) is 0. The molecule has 2 atom stereocenters. The van der Waals surface area contributed by atoms with E-state index in [-0.39, 0.29) is 17.9 Å². The van der Waals surface area contributed by atoms with Gasteiger partial charge in [-0.2, -0.15) is 0 Å². The van der Waals surface area contributed by atoms with Gasteiger partial charge < -0.3 is 14.6 Å². The Bertz CT molecular complexity index is 482. The highest BCUT2D eigenvalue weighted by atomic mass is 16.3. The Kier molecular flexibility index (Phi) is 5.04. The van der Waals surface area contributed by atoms with Gasteiger partial charge in [-0.15, -0.1) is 0 Å². The van der Waals surface area contributed by atoms with Gasteiger partial charge in [-0.1, -0.05) is 13.8 Å². The van der Waals surface area contributed by atoms with E-state index in [1.165, 1.54) is 0 Å². The Balaban J connectivity index is 2.09. The average molecular weight is 292 g/mol. The Labute approximate surface area is 125 Å². The van der Waals surface area contributed by atoms with Gasteiger partial charge in [-0.05, 0) is 31.4 Å². The average Bonchev–Trinajstić information content (AvgIpc) is 2.85. The number of carbonyl (C=O) groups excluding carboxylic acids is 2. The third-order valence-electron chi connectivity index (χ3n) is 3.81. The second kappa shape index (κ2) is 6.78. The molecular weight excluding hydrogens is 268 g/mol. The van der Waals surface area contributed by atoms with Crippen LogP contribution in [0.15, 0.2) is 22.8 Å². The third kappa shape index (κ3) is 4.09. The first-order valence-corrected chi connectivity index (χ1v) is 7.59. The molecule has 5 heteroatoms. The molecule has 1 aliphatic heterocycles. The molecule has 0 aromatic carbocycles. The Hall–Kier alpha value is -1.78. The number of hydrogen-bond donors (Lipinski definition) is 1. The summed E-state index contributed by atoms with van der Waals surface area (Å²) in [4.78, 5) is 26.3. The van der Waals surface area contributed by atoms with E-state index < -0.39 is 6.04 Å². The summed E-state index contributed by atoms with van der Waals surface area (Å²) in [5, 5.41) is 2.85. The van der Waals surface area contributed by atoms with E-state index in [0.29, 0.717) is 31.7 Å². The molecule has 0 spiro atoms. The maximum atomic E-state index is 12.7. The minimum Gasteiger partial charge on any atom is -0.469 e. The van der Waals surface area contributed by atoms with Crippen LogP contribution in [0.5, 0.6) is 0 Å². The highest BCUT2D eigenvalue weighted by Crippen LogP contribution is 2.16. The van der Waals surface area contributed by atoms with Crippen molar-refractivity contribution in [3.63, 3.8) is 0 Å². The molecule has 1 aliphatic rings. The maximum absolute atomic E-state index is 12.7. The highest BCUT2D eigenvalue weighted by molar-refractivity contribution is 5.90. The molecule has 2 heterocycles. The van der Waals surface area contributed by atoms with Crippen molar-refractivity contribution in [2.45, 2.75) is 52.1 Å². The van der Waals surface area contributed by atoms with Crippen LogP contribution in [0.2, 0.25) is 0 Å². The van der Waals surface area contributed by atoms with E-state index in [9.17, 15) is 9.59 Å². The van der Waals surface area contributed by atoms with Crippen LogP contribution in [0.4, 0.5) is 0 Å². The predicted octanol–water partition coefficient (Wildman–Crippen LogP) is 1.97. The normalized spacial score (nSPS) is 21.3. The van der Waals surface area contributed by atoms with E-state index in [4.69, 9.17) is 4.42 Å². The summed E-state index contributed by atoms with van der Waals surface area (Å²) < 4.78 is 5.35. The minimum absolute atomic E-state index is 0.0195. The first-order valence-electron chi connectivity index (χ1n) is 7.59. The number of nitrogens with zero attached hydrogens (tertiary/aromatic N) is 1. The molecule has 2 amide bonds. The number of rotatable bonds is 5. The SMILES string of the molecule is CC(C)CC1NC(=O)CCN(C(C)Cc2ccco2)C1=O. The van der Waals surface area contributed by atoms with Crippen LogP contribution in [0.1, 0.15) is 39.4 Å². The number of carbonyl (C=O) groups is 2. The summed E-state index contributed by atoms with van der Waals surface area (Å²) in [6.45, 7) is 6.59. The van der Waals surface area contributed by atoms with Gasteiger partial charge in [-0.3, -0.25) is 9.59 Å². The Morgan fingerprint density at radius 3 is 2.76 bits per heavy atom. The molecule has 2 rings (SSSR count). The summed E-state index contributed by atoms with van der Waals surface area (Å²) in [7, 11) is 0. The summed E-state index contributed by atoms with van der Waals surface area (Å²) in [5.74, 6) is 1.20. The van der Waals surface area contributed by atoms with Gasteiger partial charge in [0.05, 0.1) is 6.26 Å². The van der Waals surface area contributed by atoms with Crippen LogP contribution in [-0.2, 0) is 16.0 Å². The fraction of sp³-hybridized carbons (Fsp3) is 0.625. The lowest BCUT2D eigenvalue weighted by atomic mass is 10.0. The van der Waals surface area contributed by atoms with Crippen molar-refractivity contribution in [2.75, 3.05) is 6.54 Å². The molecule has 0 radical (unpaired) electrons. The van der Waals surface area contributed by atoms with E-state index >= 15 is 0 Å². The largest absolute Gasteiger partial charge is 0.469 e. The van der Waals surface area contributed by atoms with Crippen LogP contribution in [0.25, 0.3) is 0 Å². The predicted molar refractivity (Wildman–Crippen MR) is 79.6 cm³/mol. The lowest BCUT2D eigenvalue weighted by Gasteiger charge is -2.30. The zero-order valence-corrected chi connectivity index (χ0v) is 13.0. The number of nitrogens with one attached hydrogen (secondary N) is 1. The second-order valence-corrected chi connectivity index (χ2v) is 6.16. The van der Waals surface area contributed by atoms with E-state index in [1.54, 1.807) is 6.26 Å². The molecule has 21 heavy (non-hydrogen) atoms. The van der Waals surface area contributed by atoms with Gasteiger partial charge >= 0.3 is 0 Å². The molecule has 5 nitrogen and oxygen atoms in total. The molecule has 1 fully saturated rings. The zero-order valence-electron chi connectivity index (χ0n) is 13.0. The fourth-order valence-corrected chi connectivity index (χ4v) is 2.76. The Morgan fingerprint density at radius 1 is 1.38 bits per heavy atom. The topological polar surface area (TPSA) is 62.6 Å². The van der Waals surface area contributed by atoms with Gasteiger partial charge in [0.1, 0.15) is 11.8 Å².